The molecule has 3 aromatic rings. The van der Waals surface area contributed by atoms with Crippen molar-refractivity contribution in [2.24, 2.45) is 7.05 Å². The second-order valence-corrected chi connectivity index (χ2v) is 6.75. The summed E-state index contributed by atoms with van der Waals surface area (Å²) in [7, 11) is 1.83. The number of aromatic nitrogens is 3. The molecule has 0 saturated carbocycles. The zero-order valence-electron chi connectivity index (χ0n) is 13.9. The van der Waals surface area contributed by atoms with Crippen LogP contribution in [0.15, 0.2) is 48.1 Å². The Morgan fingerprint density at radius 2 is 2.16 bits per heavy atom. The number of carbonyl (C=O) groups excluding carboxylic acids is 1. The van der Waals surface area contributed by atoms with Crippen LogP contribution in [-0.4, -0.2) is 38.4 Å². The molecule has 25 heavy (non-hydrogen) atoms. The van der Waals surface area contributed by atoms with Crippen molar-refractivity contribution < 1.29 is 9.90 Å². The molecular weight excluding hydrogens is 336 g/mol. The van der Waals surface area contributed by atoms with Gasteiger partial charge in [0, 0.05) is 31.5 Å². The Morgan fingerprint density at radius 1 is 1.36 bits per heavy atom. The van der Waals surface area contributed by atoms with Crippen molar-refractivity contribution in [1.82, 2.24) is 20.1 Å². The number of benzene rings is 1. The predicted molar refractivity (Wildman–Crippen MR) is 96.6 cm³/mol. The summed E-state index contributed by atoms with van der Waals surface area (Å²) < 4.78 is 1.72. The Balaban J connectivity index is 1.73. The molecule has 0 aliphatic rings. The van der Waals surface area contributed by atoms with E-state index in [-0.39, 0.29) is 18.6 Å². The van der Waals surface area contributed by atoms with E-state index in [4.69, 9.17) is 0 Å². The summed E-state index contributed by atoms with van der Waals surface area (Å²) in [6.07, 6.45) is 4.42. The molecule has 6 nitrogen and oxygen atoms in total. The molecule has 2 aromatic heterocycles. The number of thiazole rings is 1. The van der Waals surface area contributed by atoms with Gasteiger partial charge in [-0.25, -0.2) is 4.98 Å². The highest BCUT2D eigenvalue weighted by molar-refractivity contribution is 7.09. The van der Waals surface area contributed by atoms with Crippen molar-refractivity contribution in [3.8, 4) is 0 Å². The minimum absolute atomic E-state index is 0.139. The summed E-state index contributed by atoms with van der Waals surface area (Å²) in [6.45, 7) is -0.139. The number of aliphatic hydroxyl groups excluding tert-OH is 1. The van der Waals surface area contributed by atoms with Crippen molar-refractivity contribution in [3.63, 3.8) is 0 Å². The third-order valence-electron chi connectivity index (χ3n) is 3.98. The highest BCUT2D eigenvalue weighted by atomic mass is 32.1. The van der Waals surface area contributed by atoms with E-state index in [9.17, 15) is 9.90 Å². The van der Waals surface area contributed by atoms with E-state index in [2.05, 4.69) is 15.4 Å². The van der Waals surface area contributed by atoms with Gasteiger partial charge in [-0.05, 0) is 5.56 Å². The van der Waals surface area contributed by atoms with Gasteiger partial charge in [-0.15, -0.1) is 11.3 Å². The minimum atomic E-state index is -0.372. The molecule has 0 fully saturated rings. The molecule has 0 saturated heterocycles. The van der Waals surface area contributed by atoms with Crippen molar-refractivity contribution in [1.29, 1.82) is 0 Å². The van der Waals surface area contributed by atoms with Gasteiger partial charge in [0.15, 0.2) is 0 Å². The highest BCUT2D eigenvalue weighted by Crippen LogP contribution is 2.14. The van der Waals surface area contributed by atoms with E-state index in [0.717, 1.165) is 16.3 Å². The smallest absolute Gasteiger partial charge is 0.255 e. The number of hydrogen-bond donors (Lipinski definition) is 2. The van der Waals surface area contributed by atoms with Crippen LogP contribution in [0.2, 0.25) is 0 Å². The van der Waals surface area contributed by atoms with Crippen LogP contribution in [0.25, 0.3) is 0 Å². The van der Waals surface area contributed by atoms with Crippen molar-refractivity contribution in [2.75, 3.05) is 6.61 Å². The van der Waals surface area contributed by atoms with Crippen LogP contribution in [0.4, 0.5) is 0 Å². The van der Waals surface area contributed by atoms with Crippen LogP contribution in [0.1, 0.15) is 26.6 Å². The molecule has 2 N–H and O–H groups in total. The van der Waals surface area contributed by atoms with Gasteiger partial charge in [-0.3, -0.25) is 9.48 Å². The zero-order valence-corrected chi connectivity index (χ0v) is 14.7. The van der Waals surface area contributed by atoms with E-state index >= 15 is 0 Å². The maximum Gasteiger partial charge on any atom is 0.255 e. The third-order valence-corrected chi connectivity index (χ3v) is 4.78. The van der Waals surface area contributed by atoms with E-state index in [1.54, 1.807) is 17.1 Å². The zero-order chi connectivity index (χ0) is 17.6. The molecular formula is C18H20N4O2S. The first-order valence-corrected chi connectivity index (χ1v) is 8.90. The van der Waals surface area contributed by atoms with E-state index in [1.807, 2.05) is 42.8 Å². The van der Waals surface area contributed by atoms with Crippen molar-refractivity contribution in [2.45, 2.75) is 18.9 Å². The van der Waals surface area contributed by atoms with Gasteiger partial charge in [0.1, 0.15) is 0 Å². The van der Waals surface area contributed by atoms with Gasteiger partial charge in [0.05, 0.1) is 35.1 Å². The lowest BCUT2D eigenvalue weighted by Gasteiger charge is -2.15. The minimum Gasteiger partial charge on any atom is -0.394 e. The molecule has 1 amide bonds. The first-order chi connectivity index (χ1) is 12.2. The van der Waals surface area contributed by atoms with Crippen LogP contribution < -0.4 is 5.32 Å². The number of amides is 1. The summed E-state index contributed by atoms with van der Waals surface area (Å²) in [5.41, 5.74) is 2.49. The highest BCUT2D eigenvalue weighted by Gasteiger charge is 2.20. The van der Waals surface area contributed by atoms with Gasteiger partial charge in [-0.2, -0.15) is 5.10 Å². The molecule has 2 heterocycles. The SMILES string of the molecule is Cn1ncc(C(=O)NC(CO)Cc2nccs2)c1Cc1ccccc1. The summed E-state index contributed by atoms with van der Waals surface area (Å²) in [6, 6.07) is 9.58. The van der Waals surface area contributed by atoms with Gasteiger partial charge in [-0.1, -0.05) is 30.3 Å². The predicted octanol–water partition coefficient (Wildman–Crippen LogP) is 1.80. The normalized spacial score (nSPS) is 12.1. The topological polar surface area (TPSA) is 80.0 Å². The number of aliphatic hydroxyl groups is 1. The molecule has 130 valence electrons. The molecule has 1 atom stereocenters. The quantitative estimate of drug-likeness (QED) is 0.676. The molecule has 7 heteroatoms. The Hall–Kier alpha value is -2.51. The van der Waals surface area contributed by atoms with Crippen LogP contribution in [0, 0.1) is 0 Å². The molecule has 0 aliphatic heterocycles. The van der Waals surface area contributed by atoms with Crippen LogP contribution in [-0.2, 0) is 19.9 Å². The number of aryl methyl sites for hydroxylation is 1. The van der Waals surface area contributed by atoms with Gasteiger partial charge < -0.3 is 10.4 Å². The summed E-state index contributed by atoms with van der Waals surface area (Å²) in [5.74, 6) is -0.227. The number of nitrogens with one attached hydrogen (secondary N) is 1. The van der Waals surface area contributed by atoms with Crippen molar-refractivity contribution in [3.05, 3.63) is 69.9 Å². The molecule has 0 aliphatic carbocycles. The molecule has 0 spiro atoms. The monoisotopic (exact) mass is 356 g/mol. The van der Waals surface area contributed by atoms with Crippen LogP contribution >= 0.6 is 11.3 Å². The maximum absolute atomic E-state index is 12.7. The largest absolute Gasteiger partial charge is 0.394 e. The maximum atomic E-state index is 12.7. The lowest BCUT2D eigenvalue weighted by molar-refractivity contribution is 0.0915. The number of nitrogens with zero attached hydrogens (tertiary/aromatic N) is 3. The number of hydrogen-bond acceptors (Lipinski definition) is 5. The van der Waals surface area contributed by atoms with E-state index in [0.29, 0.717) is 18.4 Å². The Morgan fingerprint density at radius 3 is 2.84 bits per heavy atom. The van der Waals surface area contributed by atoms with Crippen LogP contribution in [0.5, 0.6) is 0 Å². The average molecular weight is 356 g/mol. The Bertz CT molecular complexity index is 815. The number of rotatable bonds is 7. The Labute approximate surface area is 150 Å². The van der Waals surface area contributed by atoms with Crippen LogP contribution in [0.3, 0.4) is 0 Å². The van der Waals surface area contributed by atoms with Gasteiger partial charge in [0.25, 0.3) is 5.91 Å². The summed E-state index contributed by atoms with van der Waals surface area (Å²) >= 11 is 1.51. The molecule has 1 aromatic carbocycles. The third kappa shape index (κ3) is 4.32. The molecule has 0 radical (unpaired) electrons. The fourth-order valence-corrected chi connectivity index (χ4v) is 3.34. The first-order valence-electron chi connectivity index (χ1n) is 8.02. The van der Waals surface area contributed by atoms with E-state index in [1.165, 1.54) is 11.3 Å². The van der Waals surface area contributed by atoms with E-state index < -0.39 is 0 Å². The standard InChI is InChI=1S/C18H20N4O2S/c1-22-16(9-13-5-3-2-4-6-13)15(11-20-22)18(24)21-14(12-23)10-17-19-7-8-25-17/h2-8,11,14,23H,9-10,12H2,1H3,(H,21,24). The first kappa shape index (κ1) is 17.3. The molecule has 3 rings (SSSR count). The van der Waals surface area contributed by atoms with Gasteiger partial charge in [0.2, 0.25) is 0 Å². The number of carbonyl (C=O) groups is 1. The second kappa shape index (κ2) is 8.04. The van der Waals surface area contributed by atoms with Crippen molar-refractivity contribution >= 4 is 17.2 Å². The summed E-state index contributed by atoms with van der Waals surface area (Å²) in [4.78, 5) is 16.9. The summed E-state index contributed by atoms with van der Waals surface area (Å²) in [5, 5.41) is 19.4. The molecule has 0 bridgehead atoms. The lowest BCUT2D eigenvalue weighted by Crippen LogP contribution is -2.39. The average Bonchev–Trinajstić information content (AvgIpc) is 3.26. The molecule has 1 unspecified atom stereocenters. The Kier molecular flexibility index (Phi) is 5.57. The fourth-order valence-electron chi connectivity index (χ4n) is 2.64. The lowest BCUT2D eigenvalue weighted by atomic mass is 10.1. The van der Waals surface area contributed by atoms with Gasteiger partial charge >= 0.3 is 0 Å². The second-order valence-electron chi connectivity index (χ2n) is 5.77. The fraction of sp³-hybridized carbons (Fsp3) is 0.278.